The van der Waals surface area contributed by atoms with Crippen molar-refractivity contribution in [2.75, 3.05) is 32.6 Å². The third kappa shape index (κ3) is 4.92. The summed E-state index contributed by atoms with van der Waals surface area (Å²) in [5.41, 5.74) is 6.15. The highest BCUT2D eigenvalue weighted by Crippen LogP contribution is 2.28. The molecule has 0 aliphatic rings. The minimum Gasteiger partial charge on any atom is -0.476 e. The van der Waals surface area contributed by atoms with E-state index in [1.165, 1.54) is 0 Å². The van der Waals surface area contributed by atoms with Crippen LogP contribution in [0.15, 0.2) is 67.0 Å². The number of benzene rings is 2. The molecular weight excluding hydrogens is 426 g/mol. The lowest BCUT2D eigenvalue weighted by Crippen LogP contribution is -2.19. The zero-order chi connectivity index (χ0) is 23.5. The molecule has 0 bridgehead atoms. The van der Waals surface area contributed by atoms with Crippen molar-refractivity contribution in [2.45, 2.75) is 6.92 Å². The van der Waals surface area contributed by atoms with Crippen molar-refractivity contribution in [2.24, 2.45) is 0 Å². The number of aromatic nitrogens is 5. The molecular formula is C26H27N7O. The molecule has 8 heteroatoms. The van der Waals surface area contributed by atoms with Gasteiger partial charge in [0.15, 0.2) is 5.82 Å². The Morgan fingerprint density at radius 1 is 0.941 bits per heavy atom. The number of rotatable bonds is 8. The number of aromatic amines is 2. The SMILES string of the molecule is Cc1cc2ccc(-c3nc(Nc4ccc(-c5cn[nH]c5)cc4)cc(OCCN(C)C)n3)cc2[nH]1. The van der Waals surface area contributed by atoms with Crippen LogP contribution < -0.4 is 10.1 Å². The van der Waals surface area contributed by atoms with Crippen LogP contribution in [-0.2, 0) is 0 Å². The molecule has 3 N–H and O–H groups in total. The van der Waals surface area contributed by atoms with Crippen molar-refractivity contribution in [3.8, 4) is 28.4 Å². The van der Waals surface area contributed by atoms with Crippen molar-refractivity contribution in [3.05, 3.63) is 72.7 Å². The van der Waals surface area contributed by atoms with Gasteiger partial charge in [-0.1, -0.05) is 24.3 Å². The number of hydrogen-bond acceptors (Lipinski definition) is 6. The molecule has 5 aromatic rings. The fourth-order valence-electron chi connectivity index (χ4n) is 3.74. The van der Waals surface area contributed by atoms with Gasteiger partial charge in [-0.2, -0.15) is 10.1 Å². The Labute approximate surface area is 198 Å². The first-order valence-electron chi connectivity index (χ1n) is 11.2. The van der Waals surface area contributed by atoms with E-state index in [1.807, 2.05) is 56.7 Å². The molecule has 3 heterocycles. The number of H-pyrrole nitrogens is 2. The molecule has 0 spiro atoms. The van der Waals surface area contributed by atoms with Crippen LogP contribution in [0, 0.1) is 6.92 Å². The highest BCUT2D eigenvalue weighted by atomic mass is 16.5. The molecule has 34 heavy (non-hydrogen) atoms. The summed E-state index contributed by atoms with van der Waals surface area (Å²) in [6.07, 6.45) is 3.68. The summed E-state index contributed by atoms with van der Waals surface area (Å²) in [6, 6.07) is 18.3. The molecule has 0 aliphatic carbocycles. The maximum absolute atomic E-state index is 5.97. The number of ether oxygens (including phenoxy) is 1. The van der Waals surface area contributed by atoms with Crippen LogP contribution in [0.4, 0.5) is 11.5 Å². The van der Waals surface area contributed by atoms with E-state index in [-0.39, 0.29) is 0 Å². The molecule has 0 unspecified atom stereocenters. The lowest BCUT2D eigenvalue weighted by atomic mass is 10.1. The first-order chi connectivity index (χ1) is 16.5. The van der Waals surface area contributed by atoms with Crippen LogP contribution >= 0.6 is 0 Å². The van der Waals surface area contributed by atoms with Gasteiger partial charge in [0.2, 0.25) is 5.88 Å². The highest BCUT2D eigenvalue weighted by molar-refractivity contribution is 5.84. The predicted octanol–water partition coefficient (Wildman–Crippen LogP) is 5.01. The summed E-state index contributed by atoms with van der Waals surface area (Å²) < 4.78 is 5.97. The van der Waals surface area contributed by atoms with Gasteiger partial charge in [-0.3, -0.25) is 5.10 Å². The number of hydrogen-bond donors (Lipinski definition) is 3. The van der Waals surface area contributed by atoms with Crippen LogP contribution in [0.5, 0.6) is 5.88 Å². The zero-order valence-electron chi connectivity index (χ0n) is 19.5. The fourth-order valence-corrected chi connectivity index (χ4v) is 3.74. The molecule has 3 aromatic heterocycles. The molecule has 0 amide bonds. The molecule has 0 saturated heterocycles. The molecule has 0 aliphatic heterocycles. The Bertz CT molecular complexity index is 1390. The summed E-state index contributed by atoms with van der Waals surface area (Å²) >= 11 is 0. The van der Waals surface area contributed by atoms with Crippen LogP contribution in [0.3, 0.4) is 0 Å². The minimum atomic E-state index is 0.534. The Morgan fingerprint density at radius 2 is 1.76 bits per heavy atom. The zero-order valence-corrected chi connectivity index (χ0v) is 19.5. The average molecular weight is 454 g/mol. The summed E-state index contributed by atoms with van der Waals surface area (Å²) in [6.45, 7) is 3.39. The fraction of sp³-hybridized carbons (Fsp3) is 0.192. The summed E-state index contributed by atoms with van der Waals surface area (Å²) in [5, 5.41) is 11.4. The topological polar surface area (TPSA) is 94.8 Å². The minimum absolute atomic E-state index is 0.534. The Morgan fingerprint density at radius 3 is 2.53 bits per heavy atom. The highest BCUT2D eigenvalue weighted by Gasteiger charge is 2.11. The third-order valence-electron chi connectivity index (χ3n) is 5.50. The van der Waals surface area contributed by atoms with Crippen molar-refractivity contribution in [1.82, 2.24) is 30.0 Å². The molecule has 0 fully saturated rings. The van der Waals surface area contributed by atoms with E-state index in [0.29, 0.717) is 24.1 Å². The number of nitrogens with zero attached hydrogens (tertiary/aromatic N) is 4. The van der Waals surface area contributed by atoms with Crippen molar-refractivity contribution in [3.63, 3.8) is 0 Å². The Kier molecular flexibility index (Phi) is 5.97. The lowest BCUT2D eigenvalue weighted by molar-refractivity contribution is 0.254. The molecule has 172 valence electrons. The second-order valence-electron chi connectivity index (χ2n) is 8.51. The second-order valence-corrected chi connectivity index (χ2v) is 8.51. The van der Waals surface area contributed by atoms with Crippen LogP contribution in [0.25, 0.3) is 33.4 Å². The molecule has 0 atom stereocenters. The average Bonchev–Trinajstić information content (AvgIpc) is 3.48. The van der Waals surface area contributed by atoms with Gasteiger partial charge in [0.25, 0.3) is 0 Å². The normalized spacial score (nSPS) is 11.3. The largest absolute Gasteiger partial charge is 0.476 e. The van der Waals surface area contributed by atoms with E-state index in [2.05, 4.69) is 55.5 Å². The van der Waals surface area contributed by atoms with E-state index in [1.54, 1.807) is 6.20 Å². The third-order valence-corrected chi connectivity index (χ3v) is 5.50. The van der Waals surface area contributed by atoms with Gasteiger partial charge in [-0.15, -0.1) is 0 Å². The monoisotopic (exact) mass is 453 g/mol. The number of fused-ring (bicyclic) bond motifs is 1. The first kappa shape index (κ1) is 21.7. The Hall–Kier alpha value is -4.17. The summed E-state index contributed by atoms with van der Waals surface area (Å²) in [7, 11) is 4.03. The standard InChI is InChI=1S/C26H27N7O/c1-17-12-19-4-5-20(13-23(19)29-17)26-31-24(14-25(32-26)34-11-10-33(2)3)30-22-8-6-18(7-9-22)21-15-27-28-16-21/h4-9,12-16,29H,10-11H2,1-3H3,(H,27,28)(H,30,31,32). The van der Waals surface area contributed by atoms with Gasteiger partial charge in [0.05, 0.1) is 6.20 Å². The Balaban J connectivity index is 1.45. The van der Waals surface area contributed by atoms with Crippen molar-refractivity contribution < 1.29 is 4.74 Å². The van der Waals surface area contributed by atoms with Crippen LogP contribution in [0.2, 0.25) is 0 Å². The van der Waals surface area contributed by atoms with E-state index >= 15 is 0 Å². The van der Waals surface area contributed by atoms with E-state index in [0.717, 1.165) is 45.5 Å². The lowest BCUT2D eigenvalue weighted by Gasteiger charge is -2.13. The first-order valence-corrected chi connectivity index (χ1v) is 11.2. The van der Waals surface area contributed by atoms with Crippen molar-refractivity contribution >= 4 is 22.4 Å². The molecule has 2 aromatic carbocycles. The molecule has 8 nitrogen and oxygen atoms in total. The molecule has 0 radical (unpaired) electrons. The number of nitrogens with one attached hydrogen (secondary N) is 3. The quantitative estimate of drug-likeness (QED) is 0.306. The van der Waals surface area contributed by atoms with Gasteiger partial charge >= 0.3 is 0 Å². The van der Waals surface area contributed by atoms with Crippen molar-refractivity contribution in [1.29, 1.82) is 0 Å². The maximum Gasteiger partial charge on any atom is 0.219 e. The second kappa shape index (κ2) is 9.36. The maximum atomic E-state index is 5.97. The summed E-state index contributed by atoms with van der Waals surface area (Å²) in [5.74, 6) is 1.81. The van der Waals surface area contributed by atoms with Gasteiger partial charge < -0.3 is 19.9 Å². The smallest absolute Gasteiger partial charge is 0.219 e. The van der Waals surface area contributed by atoms with Gasteiger partial charge in [0.1, 0.15) is 12.4 Å². The van der Waals surface area contributed by atoms with Crippen LogP contribution in [0.1, 0.15) is 5.69 Å². The molecule has 5 rings (SSSR count). The molecule has 0 saturated carbocycles. The summed E-state index contributed by atoms with van der Waals surface area (Å²) in [4.78, 5) is 14.9. The van der Waals surface area contributed by atoms with Gasteiger partial charge in [-0.25, -0.2) is 4.98 Å². The van der Waals surface area contributed by atoms with Gasteiger partial charge in [-0.05, 0) is 56.2 Å². The van der Waals surface area contributed by atoms with E-state index in [4.69, 9.17) is 9.72 Å². The van der Waals surface area contributed by atoms with E-state index < -0.39 is 0 Å². The number of anilines is 2. The van der Waals surface area contributed by atoms with Gasteiger partial charge in [0, 0.05) is 46.8 Å². The van der Waals surface area contributed by atoms with Crippen LogP contribution in [-0.4, -0.2) is 57.3 Å². The predicted molar refractivity (Wildman–Crippen MR) is 135 cm³/mol. The number of aryl methyl sites for hydroxylation is 1. The van der Waals surface area contributed by atoms with E-state index in [9.17, 15) is 0 Å². The number of likely N-dealkylation sites (N-methyl/N-ethyl adjacent to an activating group) is 1.